The standard InChI is InChI=1S/C12H14O3/c1-4-5-9-6-10(15-3)7-11(8(2)13)12(9)14/h4,6-7,14H,1,5H2,2-3H3. The van der Waals surface area contributed by atoms with Gasteiger partial charge in [-0.2, -0.15) is 0 Å². The van der Waals surface area contributed by atoms with Crippen molar-refractivity contribution >= 4 is 5.78 Å². The van der Waals surface area contributed by atoms with Gasteiger partial charge in [0.2, 0.25) is 0 Å². The first-order valence-electron chi connectivity index (χ1n) is 4.61. The number of phenols is 1. The molecule has 0 unspecified atom stereocenters. The van der Waals surface area contributed by atoms with Gasteiger partial charge < -0.3 is 9.84 Å². The third kappa shape index (κ3) is 2.37. The largest absolute Gasteiger partial charge is 0.507 e. The van der Waals surface area contributed by atoms with E-state index in [0.717, 1.165) is 0 Å². The molecule has 0 aliphatic rings. The predicted molar refractivity (Wildman–Crippen MR) is 58.6 cm³/mol. The molecule has 0 spiro atoms. The summed E-state index contributed by atoms with van der Waals surface area (Å²) in [6.07, 6.45) is 2.17. The van der Waals surface area contributed by atoms with Crippen LogP contribution in [0.4, 0.5) is 0 Å². The number of hydrogen-bond donors (Lipinski definition) is 1. The minimum atomic E-state index is -0.184. The van der Waals surface area contributed by atoms with Gasteiger partial charge in [-0.25, -0.2) is 0 Å². The van der Waals surface area contributed by atoms with Gasteiger partial charge in [-0.1, -0.05) is 6.08 Å². The molecule has 1 aromatic rings. The minimum Gasteiger partial charge on any atom is -0.507 e. The molecule has 0 fully saturated rings. The SMILES string of the molecule is C=CCc1cc(OC)cc(C(C)=O)c1O. The van der Waals surface area contributed by atoms with Gasteiger partial charge in [0.25, 0.3) is 0 Å². The highest BCUT2D eigenvalue weighted by Gasteiger charge is 2.12. The van der Waals surface area contributed by atoms with Crippen molar-refractivity contribution in [3.63, 3.8) is 0 Å². The van der Waals surface area contributed by atoms with Crippen molar-refractivity contribution in [1.82, 2.24) is 0 Å². The summed E-state index contributed by atoms with van der Waals surface area (Å²) < 4.78 is 5.05. The van der Waals surface area contributed by atoms with E-state index >= 15 is 0 Å². The molecule has 0 amide bonds. The highest BCUT2D eigenvalue weighted by molar-refractivity contribution is 5.97. The number of ether oxygens (including phenoxy) is 1. The minimum absolute atomic E-state index is 0.0169. The van der Waals surface area contributed by atoms with Gasteiger partial charge in [0.05, 0.1) is 12.7 Å². The van der Waals surface area contributed by atoms with Crippen LogP contribution in [0.5, 0.6) is 11.5 Å². The lowest BCUT2D eigenvalue weighted by atomic mass is 10.0. The summed E-state index contributed by atoms with van der Waals surface area (Å²) in [7, 11) is 1.52. The number of allylic oxidation sites excluding steroid dienone is 1. The van der Waals surface area contributed by atoms with Crippen LogP contribution < -0.4 is 4.74 Å². The summed E-state index contributed by atoms with van der Waals surface area (Å²) in [5, 5.41) is 9.79. The highest BCUT2D eigenvalue weighted by atomic mass is 16.5. The zero-order valence-electron chi connectivity index (χ0n) is 8.91. The van der Waals surface area contributed by atoms with Crippen molar-refractivity contribution < 1.29 is 14.6 Å². The second kappa shape index (κ2) is 4.64. The summed E-state index contributed by atoms with van der Waals surface area (Å²) >= 11 is 0. The van der Waals surface area contributed by atoms with E-state index in [9.17, 15) is 9.90 Å². The number of rotatable bonds is 4. The Morgan fingerprint density at radius 3 is 2.73 bits per heavy atom. The Balaban J connectivity index is 3.32. The fourth-order valence-electron chi connectivity index (χ4n) is 1.36. The molecule has 0 heterocycles. The van der Waals surface area contributed by atoms with E-state index in [1.165, 1.54) is 20.1 Å². The van der Waals surface area contributed by atoms with E-state index in [1.54, 1.807) is 12.1 Å². The molecule has 0 saturated heterocycles. The second-order valence-electron chi connectivity index (χ2n) is 3.23. The van der Waals surface area contributed by atoms with E-state index < -0.39 is 0 Å². The maximum absolute atomic E-state index is 11.2. The first-order chi connectivity index (χ1) is 7.10. The number of hydrogen-bond acceptors (Lipinski definition) is 3. The van der Waals surface area contributed by atoms with Crippen LogP contribution >= 0.6 is 0 Å². The van der Waals surface area contributed by atoms with Gasteiger partial charge in [-0.15, -0.1) is 6.58 Å². The van der Waals surface area contributed by atoms with Crippen LogP contribution in [0.3, 0.4) is 0 Å². The fraction of sp³-hybridized carbons (Fsp3) is 0.250. The van der Waals surface area contributed by atoms with Crippen molar-refractivity contribution in [2.75, 3.05) is 7.11 Å². The lowest BCUT2D eigenvalue weighted by molar-refractivity contribution is 0.101. The van der Waals surface area contributed by atoms with Crippen LogP contribution in [-0.4, -0.2) is 18.0 Å². The Bertz CT molecular complexity index is 394. The molecule has 1 N–H and O–H groups in total. The van der Waals surface area contributed by atoms with E-state index in [0.29, 0.717) is 17.7 Å². The topological polar surface area (TPSA) is 46.5 Å². The Kier molecular flexibility index (Phi) is 3.50. The quantitative estimate of drug-likeness (QED) is 0.607. The molecule has 80 valence electrons. The van der Waals surface area contributed by atoms with Gasteiger partial charge in [0.15, 0.2) is 5.78 Å². The number of benzene rings is 1. The monoisotopic (exact) mass is 206 g/mol. The summed E-state index contributed by atoms with van der Waals surface area (Å²) in [5.74, 6) is 0.398. The normalized spacial score (nSPS) is 9.73. The molecule has 0 aliphatic heterocycles. The number of methoxy groups -OCH3 is 1. The summed E-state index contributed by atoms with van der Waals surface area (Å²) in [6, 6.07) is 3.23. The molecule has 0 radical (unpaired) electrons. The van der Waals surface area contributed by atoms with Gasteiger partial charge in [0.1, 0.15) is 11.5 Å². The van der Waals surface area contributed by atoms with E-state index in [2.05, 4.69) is 6.58 Å². The first kappa shape index (κ1) is 11.3. The Morgan fingerprint density at radius 1 is 1.60 bits per heavy atom. The maximum Gasteiger partial charge on any atom is 0.163 e. The number of ketones is 1. The zero-order chi connectivity index (χ0) is 11.4. The van der Waals surface area contributed by atoms with E-state index in [1.807, 2.05) is 0 Å². The van der Waals surface area contributed by atoms with E-state index in [-0.39, 0.29) is 17.1 Å². The molecule has 1 aromatic carbocycles. The van der Waals surface area contributed by atoms with Crippen molar-refractivity contribution in [2.45, 2.75) is 13.3 Å². The van der Waals surface area contributed by atoms with Crippen LogP contribution in [0.25, 0.3) is 0 Å². The third-order valence-corrected chi connectivity index (χ3v) is 2.14. The molecule has 3 nitrogen and oxygen atoms in total. The molecule has 3 heteroatoms. The molecule has 0 aromatic heterocycles. The number of aromatic hydroxyl groups is 1. The van der Waals surface area contributed by atoms with Crippen LogP contribution in [0.1, 0.15) is 22.8 Å². The van der Waals surface area contributed by atoms with E-state index in [4.69, 9.17) is 4.74 Å². The number of carbonyl (C=O) groups excluding carboxylic acids is 1. The maximum atomic E-state index is 11.2. The number of Topliss-reactive ketones (excluding diaryl/α,β-unsaturated/α-hetero) is 1. The smallest absolute Gasteiger partial charge is 0.163 e. The second-order valence-corrected chi connectivity index (χ2v) is 3.23. The van der Waals surface area contributed by atoms with Gasteiger partial charge in [0, 0.05) is 5.56 Å². The van der Waals surface area contributed by atoms with Crippen molar-refractivity contribution in [1.29, 1.82) is 0 Å². The Hall–Kier alpha value is -1.77. The van der Waals surface area contributed by atoms with Crippen molar-refractivity contribution in [3.05, 3.63) is 35.9 Å². The van der Waals surface area contributed by atoms with Crippen LogP contribution in [0.2, 0.25) is 0 Å². The van der Waals surface area contributed by atoms with Crippen molar-refractivity contribution in [2.24, 2.45) is 0 Å². The first-order valence-corrected chi connectivity index (χ1v) is 4.61. The average molecular weight is 206 g/mol. The Morgan fingerprint density at radius 2 is 2.27 bits per heavy atom. The number of carbonyl (C=O) groups is 1. The summed E-state index contributed by atoms with van der Waals surface area (Å²) in [5.41, 5.74) is 0.931. The molecule has 1 rings (SSSR count). The molecule has 0 atom stereocenters. The van der Waals surface area contributed by atoms with Gasteiger partial charge >= 0.3 is 0 Å². The van der Waals surface area contributed by atoms with Crippen LogP contribution in [0.15, 0.2) is 24.8 Å². The third-order valence-electron chi connectivity index (χ3n) is 2.14. The molecule has 0 bridgehead atoms. The molecular formula is C12H14O3. The highest BCUT2D eigenvalue weighted by Crippen LogP contribution is 2.29. The molecule has 0 saturated carbocycles. The average Bonchev–Trinajstić information content (AvgIpc) is 2.21. The lowest BCUT2D eigenvalue weighted by Gasteiger charge is -2.09. The van der Waals surface area contributed by atoms with Crippen LogP contribution in [0, 0.1) is 0 Å². The Labute approximate surface area is 89.0 Å². The molecule has 0 aliphatic carbocycles. The predicted octanol–water partition coefficient (Wildman–Crippen LogP) is 2.33. The summed E-state index contributed by atoms with van der Waals surface area (Å²) in [4.78, 5) is 11.2. The lowest BCUT2D eigenvalue weighted by Crippen LogP contribution is -1.97. The zero-order valence-corrected chi connectivity index (χ0v) is 8.91. The summed E-state index contributed by atoms with van der Waals surface area (Å²) in [6.45, 7) is 5.00. The molecule has 15 heavy (non-hydrogen) atoms. The van der Waals surface area contributed by atoms with Crippen molar-refractivity contribution in [3.8, 4) is 11.5 Å². The number of phenolic OH excluding ortho intramolecular Hbond substituents is 1. The van der Waals surface area contributed by atoms with Gasteiger partial charge in [-0.3, -0.25) is 4.79 Å². The van der Waals surface area contributed by atoms with Gasteiger partial charge in [-0.05, 0) is 25.5 Å². The van der Waals surface area contributed by atoms with Crippen LogP contribution in [-0.2, 0) is 6.42 Å². The fourth-order valence-corrected chi connectivity index (χ4v) is 1.36. The molecular weight excluding hydrogens is 192 g/mol.